The van der Waals surface area contributed by atoms with Crippen LogP contribution in [-0.4, -0.2) is 65.6 Å². The molecule has 0 unspecified atom stereocenters. The number of rotatable bonds is 9. The fourth-order valence-electron chi connectivity index (χ4n) is 7.49. The van der Waals surface area contributed by atoms with E-state index in [0.29, 0.717) is 24.1 Å². The predicted octanol–water partition coefficient (Wildman–Crippen LogP) is 6.22. The third-order valence-electron chi connectivity index (χ3n) is 9.81. The molecule has 1 aliphatic carbocycles. The van der Waals surface area contributed by atoms with Crippen molar-refractivity contribution in [3.05, 3.63) is 65.7 Å². The molecular formula is C33H49Cl2N3O2. The summed E-state index contributed by atoms with van der Waals surface area (Å²) in [6.45, 7) is 9.99. The lowest BCUT2D eigenvalue weighted by Gasteiger charge is -2.56. The molecule has 7 heteroatoms. The molecule has 1 amide bonds. The minimum Gasteiger partial charge on any atom is -0.508 e. The molecule has 4 atom stereocenters. The van der Waals surface area contributed by atoms with Gasteiger partial charge in [0.1, 0.15) is 5.75 Å². The van der Waals surface area contributed by atoms with Crippen molar-refractivity contribution in [3.63, 3.8) is 0 Å². The summed E-state index contributed by atoms with van der Waals surface area (Å²) in [4.78, 5) is 18.3. The summed E-state index contributed by atoms with van der Waals surface area (Å²) in [7, 11) is 0. The molecule has 2 bridgehead atoms. The average Bonchev–Trinajstić information content (AvgIpc) is 2.92. The highest BCUT2D eigenvalue weighted by atomic mass is 35.5. The maximum atomic E-state index is 13.1. The molecule has 2 aromatic rings. The zero-order chi connectivity index (χ0) is 26.5. The molecule has 40 heavy (non-hydrogen) atoms. The molecule has 2 heterocycles. The number of aromatic hydroxyl groups is 1. The normalized spacial score (nSPS) is 27.3. The van der Waals surface area contributed by atoms with Gasteiger partial charge < -0.3 is 15.3 Å². The van der Waals surface area contributed by atoms with Crippen molar-refractivity contribution in [3.8, 4) is 5.75 Å². The predicted molar refractivity (Wildman–Crippen MR) is 169 cm³/mol. The Morgan fingerprint density at radius 3 is 2.48 bits per heavy atom. The number of nitrogens with one attached hydrogen (secondary N) is 1. The van der Waals surface area contributed by atoms with Crippen molar-refractivity contribution in [2.45, 2.75) is 82.7 Å². The number of halogens is 2. The number of hydrogen-bond donors (Lipinski definition) is 2. The van der Waals surface area contributed by atoms with E-state index in [1.165, 1.54) is 24.0 Å². The van der Waals surface area contributed by atoms with Gasteiger partial charge in [-0.3, -0.25) is 9.69 Å². The van der Waals surface area contributed by atoms with Gasteiger partial charge in [-0.05, 0) is 99.7 Å². The summed E-state index contributed by atoms with van der Waals surface area (Å²) < 4.78 is 0. The number of piperidine rings is 2. The third kappa shape index (κ3) is 7.94. The van der Waals surface area contributed by atoms with Crippen LogP contribution < -0.4 is 5.32 Å². The monoisotopic (exact) mass is 589 g/mol. The number of hydrogen-bond acceptors (Lipinski definition) is 4. The molecule has 5 rings (SSSR count). The van der Waals surface area contributed by atoms with Gasteiger partial charge in [-0.1, -0.05) is 56.3 Å². The van der Waals surface area contributed by atoms with Gasteiger partial charge in [0.05, 0.1) is 0 Å². The van der Waals surface area contributed by atoms with E-state index in [0.717, 1.165) is 70.7 Å². The van der Waals surface area contributed by atoms with Gasteiger partial charge in [-0.15, -0.1) is 24.8 Å². The van der Waals surface area contributed by atoms with Crippen LogP contribution in [0.3, 0.4) is 0 Å². The lowest BCUT2D eigenvalue weighted by Crippen LogP contribution is -2.61. The molecule has 222 valence electrons. The molecule has 3 fully saturated rings. The summed E-state index contributed by atoms with van der Waals surface area (Å²) in [5.74, 6) is 1.80. The van der Waals surface area contributed by atoms with Crippen LogP contribution in [0.4, 0.5) is 0 Å². The molecule has 0 spiro atoms. The van der Waals surface area contributed by atoms with Crippen molar-refractivity contribution in [1.29, 1.82) is 0 Å². The number of carbonyl (C=O) groups excluding carboxylic acids is 1. The van der Waals surface area contributed by atoms with Gasteiger partial charge in [0, 0.05) is 37.0 Å². The van der Waals surface area contributed by atoms with Crippen LogP contribution in [0.5, 0.6) is 5.75 Å². The van der Waals surface area contributed by atoms with Crippen molar-refractivity contribution < 1.29 is 9.90 Å². The average molecular weight is 591 g/mol. The Morgan fingerprint density at radius 1 is 1.00 bits per heavy atom. The molecule has 3 aliphatic rings. The smallest absolute Gasteiger partial charge is 0.221 e. The Bertz CT molecular complexity index is 1060. The van der Waals surface area contributed by atoms with E-state index in [1.807, 2.05) is 12.1 Å². The second kappa shape index (κ2) is 14.9. The Kier molecular flexibility index (Phi) is 12.2. The van der Waals surface area contributed by atoms with Gasteiger partial charge in [-0.2, -0.15) is 0 Å². The Labute approximate surface area is 253 Å². The molecule has 0 aromatic heterocycles. The SMILES string of the molecule is CC1CCN(CCC(=O)N[C@H]2C[C@H]3C[C@@](c4cccc(O)c4)(C2)[C@H](C)CN3CCCc2ccccc2)CC1.Cl.Cl. The number of aryl methyl sites for hydroxylation is 1. The zero-order valence-electron chi connectivity index (χ0n) is 24.3. The zero-order valence-corrected chi connectivity index (χ0v) is 25.9. The highest BCUT2D eigenvalue weighted by molar-refractivity contribution is 5.85. The fraction of sp³-hybridized carbons (Fsp3) is 0.606. The van der Waals surface area contributed by atoms with Crippen LogP contribution in [0, 0.1) is 11.8 Å². The van der Waals surface area contributed by atoms with Crippen LogP contribution in [0.2, 0.25) is 0 Å². The number of phenolic OH excluding ortho intramolecular Hbond substituents is 1. The molecule has 2 aliphatic heterocycles. The van der Waals surface area contributed by atoms with Crippen LogP contribution in [0.1, 0.15) is 69.9 Å². The number of carbonyl (C=O) groups is 1. The first-order valence-corrected chi connectivity index (χ1v) is 15.0. The van der Waals surface area contributed by atoms with E-state index in [2.05, 4.69) is 65.4 Å². The van der Waals surface area contributed by atoms with E-state index >= 15 is 0 Å². The van der Waals surface area contributed by atoms with Crippen molar-refractivity contribution in [2.24, 2.45) is 11.8 Å². The van der Waals surface area contributed by atoms with Gasteiger partial charge >= 0.3 is 0 Å². The lowest BCUT2D eigenvalue weighted by atomic mass is 9.57. The highest BCUT2D eigenvalue weighted by Crippen LogP contribution is 2.50. The second-order valence-corrected chi connectivity index (χ2v) is 12.5. The van der Waals surface area contributed by atoms with Gasteiger partial charge in [0.25, 0.3) is 0 Å². The fourth-order valence-corrected chi connectivity index (χ4v) is 7.49. The Morgan fingerprint density at radius 2 is 1.75 bits per heavy atom. The maximum absolute atomic E-state index is 13.1. The lowest BCUT2D eigenvalue weighted by molar-refractivity contribution is -0.123. The van der Waals surface area contributed by atoms with Gasteiger partial charge in [-0.25, -0.2) is 0 Å². The third-order valence-corrected chi connectivity index (χ3v) is 9.81. The largest absolute Gasteiger partial charge is 0.508 e. The summed E-state index contributed by atoms with van der Waals surface area (Å²) in [5, 5.41) is 13.8. The van der Waals surface area contributed by atoms with Gasteiger partial charge in [0.15, 0.2) is 0 Å². The van der Waals surface area contributed by atoms with Crippen molar-refractivity contribution in [2.75, 3.05) is 32.7 Å². The van der Waals surface area contributed by atoms with Crippen molar-refractivity contribution in [1.82, 2.24) is 15.1 Å². The first kappa shape index (κ1) is 32.7. The topological polar surface area (TPSA) is 55.8 Å². The number of phenols is 1. The van der Waals surface area contributed by atoms with E-state index < -0.39 is 0 Å². The van der Waals surface area contributed by atoms with Crippen LogP contribution in [0.15, 0.2) is 54.6 Å². The Hall–Kier alpha value is -1.79. The maximum Gasteiger partial charge on any atom is 0.221 e. The summed E-state index contributed by atoms with van der Waals surface area (Å²) >= 11 is 0. The minimum atomic E-state index is -0.0153. The number of fused-ring (bicyclic) bond motifs is 2. The first-order chi connectivity index (χ1) is 18.4. The van der Waals surface area contributed by atoms with E-state index in [-0.39, 0.29) is 42.2 Å². The summed E-state index contributed by atoms with van der Waals surface area (Å²) in [5.41, 5.74) is 2.63. The minimum absolute atomic E-state index is 0. The number of nitrogens with zero attached hydrogens (tertiary/aromatic N) is 2. The van der Waals surface area contributed by atoms with Crippen LogP contribution >= 0.6 is 24.8 Å². The first-order valence-electron chi connectivity index (χ1n) is 15.0. The van der Waals surface area contributed by atoms with Gasteiger partial charge in [0.2, 0.25) is 5.91 Å². The van der Waals surface area contributed by atoms with E-state index in [1.54, 1.807) is 6.07 Å². The van der Waals surface area contributed by atoms with E-state index in [9.17, 15) is 9.90 Å². The highest BCUT2D eigenvalue weighted by Gasteiger charge is 2.51. The quantitative estimate of drug-likeness (QED) is 0.364. The molecule has 1 saturated carbocycles. The molecule has 5 nitrogen and oxygen atoms in total. The molecule has 2 aromatic carbocycles. The van der Waals surface area contributed by atoms with E-state index in [4.69, 9.17) is 0 Å². The second-order valence-electron chi connectivity index (χ2n) is 12.5. The number of benzene rings is 2. The Balaban J connectivity index is 0.00000220. The molecule has 0 radical (unpaired) electrons. The molecule has 2 saturated heterocycles. The van der Waals surface area contributed by atoms with Crippen molar-refractivity contribution >= 4 is 30.7 Å². The van der Waals surface area contributed by atoms with Crippen LogP contribution in [-0.2, 0) is 16.6 Å². The molecular weight excluding hydrogens is 541 g/mol. The van der Waals surface area contributed by atoms with Crippen LogP contribution in [0.25, 0.3) is 0 Å². The molecule has 2 N–H and O–H groups in total. The number of amides is 1. The number of likely N-dealkylation sites (tertiary alicyclic amines) is 2. The summed E-state index contributed by atoms with van der Waals surface area (Å²) in [6, 6.07) is 19.3. The summed E-state index contributed by atoms with van der Waals surface area (Å²) in [6.07, 6.45) is 8.41. The standard InChI is InChI=1S/C33H47N3O2.2ClH/c1-25-13-17-35(18-14-25)19-15-32(38)34-29-21-30-23-33(22-29,28-11-6-12-31(37)20-28)26(2)24-36(30)16-7-10-27-8-4-3-5-9-27;;/h3-6,8-9,11-12,20,25-26,29-30,37H,7,10,13-19,21-24H2,1-2H3,(H,34,38);2*1H/t26-,29+,30+,33+;;/m1../s1.